The van der Waals surface area contributed by atoms with Crippen LogP contribution in [0.1, 0.15) is 49.8 Å². The summed E-state index contributed by atoms with van der Waals surface area (Å²) in [5.74, 6) is -0.0762. The summed E-state index contributed by atoms with van der Waals surface area (Å²) in [5, 5.41) is 2.92. The second-order valence-corrected chi connectivity index (χ2v) is 11.0. The van der Waals surface area contributed by atoms with E-state index in [1.165, 1.54) is 4.90 Å². The van der Waals surface area contributed by atoms with Crippen LogP contribution in [0.5, 0.6) is 5.75 Å². The van der Waals surface area contributed by atoms with Gasteiger partial charge in [-0.1, -0.05) is 38.5 Å². The molecule has 0 aliphatic heterocycles. The summed E-state index contributed by atoms with van der Waals surface area (Å²) in [4.78, 5) is 28.3. The lowest BCUT2D eigenvalue weighted by atomic mass is 10.1. The maximum absolute atomic E-state index is 13.7. The molecule has 0 aliphatic rings. The number of sulfonamides is 1. The van der Waals surface area contributed by atoms with Crippen LogP contribution in [-0.2, 0) is 26.2 Å². The number of hydrogen-bond acceptors (Lipinski definition) is 5. The Morgan fingerprint density at radius 2 is 1.72 bits per heavy atom. The minimum Gasteiger partial charge on any atom is -0.497 e. The van der Waals surface area contributed by atoms with Gasteiger partial charge in [-0.3, -0.25) is 13.9 Å². The maximum Gasteiger partial charge on any atom is 0.244 e. The lowest BCUT2D eigenvalue weighted by Gasteiger charge is -2.33. The average molecular weight is 518 g/mol. The average Bonchev–Trinajstić information content (AvgIpc) is 2.81. The van der Waals surface area contributed by atoms with Crippen molar-refractivity contribution in [3.8, 4) is 5.75 Å². The molecule has 1 atom stereocenters. The van der Waals surface area contributed by atoms with Gasteiger partial charge in [0.25, 0.3) is 0 Å². The van der Waals surface area contributed by atoms with Gasteiger partial charge in [0, 0.05) is 13.1 Å². The number of anilines is 1. The summed E-state index contributed by atoms with van der Waals surface area (Å²) in [6.07, 6.45) is 3.23. The normalized spacial score (nSPS) is 12.1. The molecule has 2 aromatic carbocycles. The van der Waals surface area contributed by atoms with Crippen molar-refractivity contribution in [3.63, 3.8) is 0 Å². The highest BCUT2D eigenvalue weighted by molar-refractivity contribution is 7.92. The van der Waals surface area contributed by atoms with Gasteiger partial charge in [0.1, 0.15) is 18.3 Å². The van der Waals surface area contributed by atoms with Crippen LogP contribution >= 0.6 is 0 Å². The van der Waals surface area contributed by atoms with E-state index in [4.69, 9.17) is 4.74 Å². The monoisotopic (exact) mass is 517 g/mol. The Bertz CT molecular complexity index is 1130. The van der Waals surface area contributed by atoms with E-state index in [1.54, 1.807) is 31.4 Å². The largest absolute Gasteiger partial charge is 0.497 e. The van der Waals surface area contributed by atoms with Crippen molar-refractivity contribution < 1.29 is 22.7 Å². The topological polar surface area (TPSA) is 96.0 Å². The lowest BCUT2D eigenvalue weighted by molar-refractivity contribution is -0.140. The first-order chi connectivity index (χ1) is 17.0. The van der Waals surface area contributed by atoms with Crippen molar-refractivity contribution in [1.29, 1.82) is 0 Å². The molecule has 0 saturated heterocycles. The van der Waals surface area contributed by atoms with Crippen LogP contribution in [0.15, 0.2) is 42.5 Å². The molecule has 0 aliphatic carbocycles. The van der Waals surface area contributed by atoms with E-state index < -0.39 is 28.5 Å². The number of carbonyl (C=O) groups excluding carboxylic acids is 2. The first-order valence-corrected chi connectivity index (χ1v) is 14.1. The van der Waals surface area contributed by atoms with Gasteiger partial charge in [-0.15, -0.1) is 0 Å². The summed E-state index contributed by atoms with van der Waals surface area (Å²) in [5.41, 5.74) is 2.98. The van der Waals surface area contributed by atoms with E-state index in [0.717, 1.165) is 40.1 Å². The second-order valence-electron chi connectivity index (χ2n) is 9.06. The highest BCUT2D eigenvalue weighted by atomic mass is 32.2. The smallest absolute Gasteiger partial charge is 0.244 e. The Balaban J connectivity index is 2.45. The Morgan fingerprint density at radius 1 is 1.06 bits per heavy atom. The van der Waals surface area contributed by atoms with Crippen molar-refractivity contribution >= 4 is 27.5 Å². The number of unbranched alkanes of at least 4 members (excludes halogenated alkanes) is 1. The summed E-state index contributed by atoms with van der Waals surface area (Å²) in [6.45, 7) is 7.88. The third kappa shape index (κ3) is 8.26. The van der Waals surface area contributed by atoms with Crippen LogP contribution in [-0.4, -0.2) is 57.6 Å². The van der Waals surface area contributed by atoms with Gasteiger partial charge in [0.15, 0.2) is 0 Å². The number of amides is 2. The van der Waals surface area contributed by atoms with Crippen LogP contribution in [0.2, 0.25) is 0 Å². The molecule has 2 rings (SSSR count). The summed E-state index contributed by atoms with van der Waals surface area (Å²) < 4.78 is 31.9. The first kappa shape index (κ1) is 29.2. The molecule has 0 fully saturated rings. The van der Waals surface area contributed by atoms with Crippen LogP contribution < -0.4 is 14.4 Å². The molecule has 0 saturated carbocycles. The molecule has 1 N–H and O–H groups in total. The van der Waals surface area contributed by atoms with Gasteiger partial charge in [0.05, 0.1) is 19.1 Å². The number of methoxy groups -OCH3 is 1. The lowest BCUT2D eigenvalue weighted by Crippen LogP contribution is -2.52. The highest BCUT2D eigenvalue weighted by Gasteiger charge is 2.31. The molecular formula is C27H39N3O5S. The number of ether oxygens (including phenoxy) is 1. The van der Waals surface area contributed by atoms with E-state index in [0.29, 0.717) is 24.4 Å². The maximum atomic E-state index is 13.7. The minimum absolute atomic E-state index is 0.139. The molecule has 0 heterocycles. The molecule has 198 valence electrons. The van der Waals surface area contributed by atoms with Crippen LogP contribution in [0, 0.1) is 13.8 Å². The van der Waals surface area contributed by atoms with Crippen molar-refractivity contribution in [3.05, 3.63) is 59.2 Å². The van der Waals surface area contributed by atoms with Gasteiger partial charge in [0.2, 0.25) is 21.8 Å². The fourth-order valence-electron chi connectivity index (χ4n) is 4.10. The van der Waals surface area contributed by atoms with Crippen LogP contribution in [0.3, 0.4) is 0 Å². The summed E-state index contributed by atoms with van der Waals surface area (Å²) in [7, 11) is -2.21. The standard InChI is InChI=1S/C27H39N3O5S/c1-7-9-13-28-27(32)25(8-2)29(18-22-11-10-12-24(17-22)35-5)26(31)19-30(36(6,33)34)23-15-20(3)14-21(4)16-23/h10-12,14-17,25H,7-9,13,18-19H2,1-6H3,(H,28,32)/t25-/m1/s1. The van der Waals surface area contributed by atoms with Crippen molar-refractivity contribution in [1.82, 2.24) is 10.2 Å². The molecule has 2 amide bonds. The van der Waals surface area contributed by atoms with E-state index >= 15 is 0 Å². The fraction of sp³-hybridized carbons (Fsp3) is 0.481. The van der Waals surface area contributed by atoms with E-state index in [-0.39, 0.29) is 12.5 Å². The number of nitrogens with one attached hydrogen (secondary N) is 1. The van der Waals surface area contributed by atoms with E-state index in [9.17, 15) is 18.0 Å². The predicted molar refractivity (Wildman–Crippen MR) is 144 cm³/mol. The van der Waals surface area contributed by atoms with Crippen LogP contribution in [0.4, 0.5) is 5.69 Å². The molecule has 8 nitrogen and oxygen atoms in total. The highest BCUT2D eigenvalue weighted by Crippen LogP contribution is 2.23. The molecule has 9 heteroatoms. The van der Waals surface area contributed by atoms with E-state index in [2.05, 4.69) is 5.32 Å². The molecule has 0 bridgehead atoms. The molecular weight excluding hydrogens is 478 g/mol. The Kier molecular flexibility index (Phi) is 10.8. The van der Waals surface area contributed by atoms with Crippen molar-refractivity contribution in [2.75, 3.05) is 30.8 Å². The number of rotatable bonds is 13. The van der Waals surface area contributed by atoms with Crippen molar-refractivity contribution in [2.24, 2.45) is 0 Å². The van der Waals surface area contributed by atoms with Gasteiger partial charge in [-0.25, -0.2) is 8.42 Å². The summed E-state index contributed by atoms with van der Waals surface area (Å²) >= 11 is 0. The number of carbonyl (C=O) groups is 2. The summed E-state index contributed by atoms with van der Waals surface area (Å²) in [6, 6.07) is 11.9. The second kappa shape index (κ2) is 13.3. The number of nitrogens with zero attached hydrogens (tertiary/aromatic N) is 2. The number of hydrogen-bond donors (Lipinski definition) is 1. The van der Waals surface area contributed by atoms with Gasteiger partial charge >= 0.3 is 0 Å². The predicted octanol–water partition coefficient (Wildman–Crippen LogP) is 3.80. The zero-order chi connectivity index (χ0) is 26.9. The van der Waals surface area contributed by atoms with E-state index in [1.807, 2.05) is 45.9 Å². The molecule has 0 aromatic heterocycles. The first-order valence-electron chi connectivity index (χ1n) is 12.3. The number of benzene rings is 2. The molecule has 0 spiro atoms. The van der Waals surface area contributed by atoms with Crippen LogP contribution in [0.25, 0.3) is 0 Å². The molecule has 0 radical (unpaired) electrons. The third-order valence-electron chi connectivity index (χ3n) is 5.88. The van der Waals surface area contributed by atoms with Gasteiger partial charge in [-0.05, 0) is 67.6 Å². The van der Waals surface area contributed by atoms with Gasteiger partial charge in [-0.2, -0.15) is 0 Å². The third-order valence-corrected chi connectivity index (χ3v) is 7.02. The Labute approximate surface area is 215 Å². The number of aryl methyl sites for hydroxylation is 2. The zero-order valence-corrected chi connectivity index (χ0v) is 23.0. The molecule has 2 aromatic rings. The zero-order valence-electron chi connectivity index (χ0n) is 22.2. The molecule has 36 heavy (non-hydrogen) atoms. The quantitative estimate of drug-likeness (QED) is 0.408. The SMILES string of the molecule is CCCCNC(=O)[C@@H](CC)N(Cc1cccc(OC)c1)C(=O)CN(c1cc(C)cc(C)c1)S(C)(=O)=O. The Hall–Kier alpha value is -3.07. The van der Waals surface area contributed by atoms with Gasteiger partial charge < -0.3 is 15.0 Å². The van der Waals surface area contributed by atoms with Crippen molar-refractivity contribution in [2.45, 2.75) is 59.5 Å². The fourth-order valence-corrected chi connectivity index (χ4v) is 4.93. The minimum atomic E-state index is -3.77. The Morgan fingerprint density at radius 3 is 2.28 bits per heavy atom. The molecule has 0 unspecified atom stereocenters.